The third-order valence-electron chi connectivity index (χ3n) is 4.80. The van der Waals surface area contributed by atoms with Crippen molar-refractivity contribution < 1.29 is 27.5 Å². The van der Waals surface area contributed by atoms with Crippen LogP contribution in [-0.4, -0.2) is 50.4 Å². The Hall–Kier alpha value is -2.91. The summed E-state index contributed by atoms with van der Waals surface area (Å²) >= 11 is 0. The molecule has 1 fully saturated rings. The molecular formula is C22H26N2O6S. The van der Waals surface area contributed by atoms with E-state index >= 15 is 0 Å². The molecule has 0 radical (unpaired) electrons. The predicted molar refractivity (Wildman–Crippen MR) is 115 cm³/mol. The highest BCUT2D eigenvalue weighted by molar-refractivity contribution is 7.89. The van der Waals surface area contributed by atoms with Crippen LogP contribution in [0.1, 0.15) is 26.2 Å². The molecule has 1 N–H and O–H groups in total. The van der Waals surface area contributed by atoms with Gasteiger partial charge in [-0.15, -0.1) is 0 Å². The van der Waals surface area contributed by atoms with E-state index in [1.54, 1.807) is 36.4 Å². The summed E-state index contributed by atoms with van der Waals surface area (Å²) in [5.74, 6) is -0.739. The Morgan fingerprint density at radius 2 is 1.74 bits per heavy atom. The van der Waals surface area contributed by atoms with Crippen molar-refractivity contribution in [1.29, 1.82) is 0 Å². The lowest BCUT2D eigenvalue weighted by molar-refractivity contribution is -0.153. The number of esters is 1. The van der Waals surface area contributed by atoms with Crippen LogP contribution >= 0.6 is 0 Å². The number of carbonyl (C=O) groups is 2. The fourth-order valence-corrected chi connectivity index (χ4v) is 4.75. The zero-order chi connectivity index (χ0) is 22.3. The van der Waals surface area contributed by atoms with Crippen LogP contribution in [0, 0.1) is 0 Å². The molecule has 8 nitrogen and oxygen atoms in total. The first-order chi connectivity index (χ1) is 14.9. The summed E-state index contributed by atoms with van der Waals surface area (Å²) in [6, 6.07) is 14.9. The third-order valence-corrected chi connectivity index (χ3v) is 6.70. The van der Waals surface area contributed by atoms with Crippen LogP contribution < -0.4 is 10.1 Å². The Morgan fingerprint density at radius 1 is 1.03 bits per heavy atom. The van der Waals surface area contributed by atoms with E-state index in [9.17, 15) is 18.0 Å². The SMILES string of the molecule is CC(Oc1ccccc1)C(=O)OCC(=O)Nc1cccc(S(=O)(=O)N2CCCCC2)c1. The number of hydrogen-bond acceptors (Lipinski definition) is 6. The minimum Gasteiger partial charge on any atom is -0.479 e. The molecule has 2 aromatic carbocycles. The molecular weight excluding hydrogens is 420 g/mol. The molecule has 1 aliphatic heterocycles. The average Bonchev–Trinajstić information content (AvgIpc) is 2.79. The van der Waals surface area contributed by atoms with E-state index in [2.05, 4.69) is 5.32 Å². The lowest BCUT2D eigenvalue weighted by Crippen LogP contribution is -2.35. The normalized spacial score (nSPS) is 15.6. The second kappa shape index (κ2) is 10.4. The van der Waals surface area contributed by atoms with Crippen molar-refractivity contribution in [2.45, 2.75) is 37.2 Å². The van der Waals surface area contributed by atoms with Gasteiger partial charge in [-0.25, -0.2) is 13.2 Å². The van der Waals surface area contributed by atoms with Crippen LogP contribution in [0.5, 0.6) is 5.75 Å². The van der Waals surface area contributed by atoms with Crippen molar-refractivity contribution in [3.8, 4) is 5.75 Å². The van der Waals surface area contributed by atoms with Gasteiger partial charge in [-0.05, 0) is 50.1 Å². The van der Waals surface area contributed by atoms with Crippen molar-refractivity contribution in [3.63, 3.8) is 0 Å². The number of hydrogen-bond donors (Lipinski definition) is 1. The highest BCUT2D eigenvalue weighted by atomic mass is 32.2. The lowest BCUT2D eigenvalue weighted by atomic mass is 10.2. The van der Waals surface area contributed by atoms with Crippen molar-refractivity contribution in [3.05, 3.63) is 54.6 Å². The van der Waals surface area contributed by atoms with Crippen molar-refractivity contribution in [2.24, 2.45) is 0 Å². The molecule has 1 unspecified atom stereocenters. The summed E-state index contributed by atoms with van der Waals surface area (Å²) < 4.78 is 37.5. The highest BCUT2D eigenvalue weighted by Crippen LogP contribution is 2.23. The Balaban J connectivity index is 1.53. The van der Waals surface area contributed by atoms with Gasteiger partial charge in [0.2, 0.25) is 10.0 Å². The molecule has 1 amide bonds. The summed E-state index contributed by atoms with van der Waals surface area (Å²) in [6.45, 7) is 2.02. The molecule has 0 aromatic heterocycles. The Kier molecular flexibility index (Phi) is 7.64. The van der Waals surface area contributed by atoms with Crippen LogP contribution in [0.4, 0.5) is 5.69 Å². The number of rotatable bonds is 8. The summed E-state index contributed by atoms with van der Waals surface area (Å²) in [5, 5.41) is 2.56. The molecule has 0 bridgehead atoms. The van der Waals surface area contributed by atoms with Crippen LogP contribution in [0.25, 0.3) is 0 Å². The van der Waals surface area contributed by atoms with Gasteiger partial charge in [0.05, 0.1) is 4.90 Å². The number of nitrogens with one attached hydrogen (secondary N) is 1. The second-order valence-corrected chi connectivity index (χ2v) is 9.16. The average molecular weight is 447 g/mol. The predicted octanol–water partition coefficient (Wildman–Crippen LogP) is 2.81. The van der Waals surface area contributed by atoms with E-state index in [-0.39, 0.29) is 4.90 Å². The van der Waals surface area contributed by atoms with Gasteiger partial charge in [0.15, 0.2) is 12.7 Å². The molecule has 1 atom stereocenters. The molecule has 0 aliphatic carbocycles. The zero-order valence-corrected chi connectivity index (χ0v) is 18.1. The van der Waals surface area contributed by atoms with Crippen LogP contribution in [0.3, 0.4) is 0 Å². The number of carbonyl (C=O) groups excluding carboxylic acids is 2. The number of benzene rings is 2. The first-order valence-corrected chi connectivity index (χ1v) is 11.6. The Morgan fingerprint density at radius 3 is 2.45 bits per heavy atom. The van der Waals surface area contributed by atoms with E-state index in [4.69, 9.17) is 9.47 Å². The van der Waals surface area contributed by atoms with Crippen LogP contribution in [-0.2, 0) is 24.3 Å². The first kappa shape index (κ1) is 22.8. The molecule has 31 heavy (non-hydrogen) atoms. The van der Waals surface area contributed by atoms with Gasteiger partial charge in [-0.2, -0.15) is 4.31 Å². The largest absolute Gasteiger partial charge is 0.479 e. The van der Waals surface area contributed by atoms with Crippen molar-refractivity contribution in [1.82, 2.24) is 4.31 Å². The maximum Gasteiger partial charge on any atom is 0.347 e. The van der Waals surface area contributed by atoms with E-state index < -0.39 is 34.6 Å². The minimum atomic E-state index is -3.61. The fraction of sp³-hybridized carbons (Fsp3) is 0.364. The standard InChI is InChI=1S/C22H26N2O6S/c1-17(30-19-10-4-2-5-11-19)22(26)29-16-21(25)23-18-9-8-12-20(15-18)31(27,28)24-13-6-3-7-14-24/h2,4-5,8-12,15,17H,3,6-7,13-14,16H2,1H3,(H,23,25). The van der Waals surface area contributed by atoms with Gasteiger partial charge >= 0.3 is 5.97 Å². The molecule has 1 saturated heterocycles. The number of sulfonamides is 1. The smallest absolute Gasteiger partial charge is 0.347 e. The van der Waals surface area contributed by atoms with Gasteiger partial charge in [0.1, 0.15) is 5.75 Å². The van der Waals surface area contributed by atoms with Crippen LogP contribution in [0.15, 0.2) is 59.5 Å². The third kappa shape index (κ3) is 6.28. The molecule has 0 saturated carbocycles. The summed E-state index contributed by atoms with van der Waals surface area (Å²) in [6.07, 6.45) is 1.82. The maximum absolute atomic E-state index is 12.8. The highest BCUT2D eigenvalue weighted by Gasteiger charge is 2.26. The first-order valence-electron chi connectivity index (χ1n) is 10.1. The van der Waals surface area contributed by atoms with E-state index in [0.717, 1.165) is 19.3 Å². The van der Waals surface area contributed by atoms with Gasteiger partial charge < -0.3 is 14.8 Å². The maximum atomic E-state index is 12.8. The molecule has 1 heterocycles. The lowest BCUT2D eigenvalue weighted by Gasteiger charge is -2.26. The quantitative estimate of drug-likeness (QED) is 0.626. The number of piperidine rings is 1. The van der Waals surface area contributed by atoms with Gasteiger partial charge in [0.25, 0.3) is 5.91 Å². The number of nitrogens with zero attached hydrogens (tertiary/aromatic N) is 1. The van der Waals surface area contributed by atoms with Crippen molar-refractivity contribution >= 4 is 27.6 Å². The molecule has 2 aromatic rings. The van der Waals surface area contributed by atoms with E-state index in [1.807, 2.05) is 6.07 Å². The summed E-state index contributed by atoms with van der Waals surface area (Å²) in [7, 11) is -3.61. The summed E-state index contributed by atoms with van der Waals surface area (Å²) in [5.41, 5.74) is 0.313. The number of ether oxygens (including phenoxy) is 2. The topological polar surface area (TPSA) is 102 Å². The number of para-hydroxylation sites is 1. The Labute approximate surface area is 182 Å². The second-order valence-electron chi connectivity index (χ2n) is 7.22. The molecule has 166 valence electrons. The van der Waals surface area contributed by atoms with Gasteiger partial charge in [-0.3, -0.25) is 4.79 Å². The zero-order valence-electron chi connectivity index (χ0n) is 17.3. The van der Waals surface area contributed by atoms with Crippen LogP contribution in [0.2, 0.25) is 0 Å². The number of anilines is 1. The molecule has 9 heteroatoms. The molecule has 1 aliphatic rings. The van der Waals surface area contributed by atoms with E-state index in [0.29, 0.717) is 24.5 Å². The van der Waals surface area contributed by atoms with E-state index in [1.165, 1.54) is 23.4 Å². The number of amides is 1. The van der Waals surface area contributed by atoms with Gasteiger partial charge in [-0.1, -0.05) is 30.7 Å². The fourth-order valence-electron chi connectivity index (χ4n) is 3.19. The minimum absolute atomic E-state index is 0.120. The monoisotopic (exact) mass is 446 g/mol. The molecule has 3 rings (SSSR count). The van der Waals surface area contributed by atoms with Crippen molar-refractivity contribution in [2.75, 3.05) is 25.0 Å². The Bertz CT molecular complexity index is 1000. The van der Waals surface area contributed by atoms with Gasteiger partial charge in [0, 0.05) is 18.8 Å². The summed E-state index contributed by atoms with van der Waals surface area (Å²) in [4.78, 5) is 24.3. The molecule has 0 spiro atoms.